The van der Waals surface area contributed by atoms with E-state index in [0.717, 1.165) is 11.3 Å². The summed E-state index contributed by atoms with van der Waals surface area (Å²) in [7, 11) is 1.61. The summed E-state index contributed by atoms with van der Waals surface area (Å²) in [4.78, 5) is 16.7. The molecule has 3 N–H and O–H groups in total. The van der Waals surface area contributed by atoms with Gasteiger partial charge in [0.1, 0.15) is 11.5 Å². The van der Waals surface area contributed by atoms with Crippen molar-refractivity contribution in [3.05, 3.63) is 76.4 Å². The largest absolute Gasteiger partial charge is 0.507 e. The molecule has 7 nitrogen and oxygen atoms in total. The Morgan fingerprint density at radius 1 is 1.34 bits per heavy atom. The Balaban J connectivity index is 2.11. The average Bonchev–Trinajstić information content (AvgIpc) is 3.13. The van der Waals surface area contributed by atoms with Gasteiger partial charge in [0.05, 0.1) is 31.1 Å². The second-order valence-corrected chi connectivity index (χ2v) is 6.80. The first-order valence-corrected chi connectivity index (χ1v) is 9.55. The predicted octanol–water partition coefficient (Wildman–Crippen LogP) is 3.00. The molecule has 2 aromatic carbocycles. The number of aromatic hydroxyl groups is 1. The van der Waals surface area contributed by atoms with Crippen molar-refractivity contribution in [1.82, 2.24) is 4.68 Å². The molecule has 0 unspecified atom stereocenters. The smallest absolute Gasteiger partial charge is 0.252 e. The summed E-state index contributed by atoms with van der Waals surface area (Å²) in [6.45, 7) is 4.14. The summed E-state index contributed by atoms with van der Waals surface area (Å²) in [5, 5.41) is 16.3. The van der Waals surface area contributed by atoms with Gasteiger partial charge in [0.25, 0.3) is 5.91 Å². The number of methoxy groups -OCH3 is 1. The van der Waals surface area contributed by atoms with Crippen LogP contribution in [0, 0.1) is 0 Å². The quantitative estimate of drug-likeness (QED) is 0.464. The van der Waals surface area contributed by atoms with Crippen LogP contribution in [0.15, 0.2) is 70.6 Å². The van der Waals surface area contributed by atoms with Crippen LogP contribution in [-0.4, -0.2) is 35.6 Å². The van der Waals surface area contributed by atoms with E-state index in [1.165, 1.54) is 23.5 Å². The number of carbonyl (C=O) groups excluding carboxylic acids is 1. The highest BCUT2D eigenvalue weighted by Crippen LogP contribution is 2.26. The minimum Gasteiger partial charge on any atom is -0.507 e. The van der Waals surface area contributed by atoms with E-state index in [-0.39, 0.29) is 11.3 Å². The molecule has 8 heteroatoms. The van der Waals surface area contributed by atoms with E-state index in [1.807, 2.05) is 29.6 Å². The number of thiazole rings is 1. The van der Waals surface area contributed by atoms with E-state index < -0.39 is 5.91 Å². The fourth-order valence-electron chi connectivity index (χ4n) is 2.60. The highest BCUT2D eigenvalue weighted by atomic mass is 32.1. The van der Waals surface area contributed by atoms with Gasteiger partial charge < -0.3 is 15.6 Å². The van der Waals surface area contributed by atoms with Gasteiger partial charge in [-0.2, -0.15) is 5.10 Å². The van der Waals surface area contributed by atoms with Crippen molar-refractivity contribution in [3.63, 3.8) is 0 Å². The molecular weight excluding hydrogens is 388 g/mol. The van der Waals surface area contributed by atoms with Gasteiger partial charge in [-0.15, -0.1) is 17.9 Å². The first kappa shape index (κ1) is 20.1. The number of amides is 1. The molecule has 0 fully saturated rings. The number of nitrogens with zero attached hydrogens (tertiary/aromatic N) is 3. The van der Waals surface area contributed by atoms with E-state index in [9.17, 15) is 9.90 Å². The van der Waals surface area contributed by atoms with Gasteiger partial charge in [0.2, 0.25) is 4.80 Å². The van der Waals surface area contributed by atoms with Crippen molar-refractivity contribution in [2.24, 2.45) is 15.8 Å². The first-order valence-electron chi connectivity index (χ1n) is 8.67. The van der Waals surface area contributed by atoms with Crippen LogP contribution in [0.4, 0.5) is 0 Å². The van der Waals surface area contributed by atoms with Crippen molar-refractivity contribution in [2.45, 2.75) is 0 Å². The number of carbonyl (C=O) groups is 1. The summed E-state index contributed by atoms with van der Waals surface area (Å²) in [5.41, 5.74) is 7.64. The highest BCUT2D eigenvalue weighted by molar-refractivity contribution is 7.07. The third-order valence-electron chi connectivity index (χ3n) is 4.01. The fraction of sp³-hybridized carbons (Fsp3) is 0.0952. The number of phenols is 1. The van der Waals surface area contributed by atoms with Crippen LogP contribution in [0.1, 0.15) is 15.9 Å². The Morgan fingerprint density at radius 2 is 2.17 bits per heavy atom. The normalized spacial score (nSPS) is 11.7. The van der Waals surface area contributed by atoms with E-state index in [1.54, 1.807) is 30.1 Å². The molecule has 1 heterocycles. The van der Waals surface area contributed by atoms with Crippen LogP contribution in [0.5, 0.6) is 11.5 Å². The molecule has 0 bridgehead atoms. The molecule has 0 saturated carbocycles. The van der Waals surface area contributed by atoms with Gasteiger partial charge in [-0.1, -0.05) is 18.2 Å². The molecule has 0 aliphatic heterocycles. The van der Waals surface area contributed by atoms with E-state index in [0.29, 0.717) is 22.6 Å². The molecule has 0 aliphatic carbocycles. The zero-order valence-corrected chi connectivity index (χ0v) is 16.6. The summed E-state index contributed by atoms with van der Waals surface area (Å²) in [5.74, 6) is -0.146. The van der Waals surface area contributed by atoms with Gasteiger partial charge in [0.15, 0.2) is 0 Å². The van der Waals surface area contributed by atoms with Gasteiger partial charge in [0, 0.05) is 10.9 Å². The Kier molecular flexibility index (Phi) is 6.25. The topological polar surface area (TPSA) is 102 Å². The Bertz CT molecular complexity index is 1140. The SMILES string of the molecule is C=CCN=c1scc(-c2ccc(O)c(C(N)=O)c2)n1N=Cc1cccc(OC)c1. The molecule has 1 aromatic heterocycles. The predicted molar refractivity (Wildman–Crippen MR) is 115 cm³/mol. The lowest BCUT2D eigenvalue weighted by molar-refractivity contribution is 0.0998. The van der Waals surface area contributed by atoms with Gasteiger partial charge in [-0.25, -0.2) is 4.68 Å². The molecule has 0 atom stereocenters. The van der Waals surface area contributed by atoms with Gasteiger partial charge in [-0.3, -0.25) is 9.79 Å². The van der Waals surface area contributed by atoms with Crippen molar-refractivity contribution in [2.75, 3.05) is 13.7 Å². The standard InChI is InChI=1S/C21H20N4O3S/c1-3-9-23-21-25(24-12-14-5-4-6-16(10-14)28-2)18(13-29-21)15-7-8-19(26)17(11-15)20(22)27/h3-8,10-13,26H,1,9H2,2H3,(H2,22,27). The van der Waals surface area contributed by atoms with Crippen LogP contribution < -0.4 is 15.3 Å². The zero-order valence-electron chi connectivity index (χ0n) is 15.8. The van der Waals surface area contributed by atoms with Crippen LogP contribution in [0.25, 0.3) is 11.3 Å². The minimum atomic E-state index is -0.706. The number of aromatic nitrogens is 1. The lowest BCUT2D eigenvalue weighted by atomic mass is 10.1. The molecular formula is C21H20N4O3S. The number of hydrogen-bond acceptors (Lipinski definition) is 6. The Labute approximate surface area is 171 Å². The molecule has 3 rings (SSSR count). The Hall–Kier alpha value is -3.65. The first-order chi connectivity index (χ1) is 14.0. The van der Waals surface area contributed by atoms with Crippen LogP contribution in [-0.2, 0) is 0 Å². The number of benzene rings is 2. The molecule has 0 saturated heterocycles. The minimum absolute atomic E-state index is 0.0432. The third-order valence-corrected chi connectivity index (χ3v) is 4.87. The van der Waals surface area contributed by atoms with E-state index in [2.05, 4.69) is 16.7 Å². The fourth-order valence-corrected chi connectivity index (χ4v) is 3.45. The van der Waals surface area contributed by atoms with Crippen molar-refractivity contribution in [3.8, 4) is 22.8 Å². The van der Waals surface area contributed by atoms with Crippen LogP contribution >= 0.6 is 11.3 Å². The lowest BCUT2D eigenvalue weighted by Crippen LogP contribution is -2.13. The summed E-state index contributed by atoms with van der Waals surface area (Å²) >= 11 is 1.40. The number of primary amides is 1. The van der Waals surface area contributed by atoms with Gasteiger partial charge >= 0.3 is 0 Å². The molecule has 0 radical (unpaired) electrons. The molecule has 29 heavy (non-hydrogen) atoms. The van der Waals surface area contributed by atoms with Crippen molar-refractivity contribution >= 4 is 23.5 Å². The van der Waals surface area contributed by atoms with E-state index in [4.69, 9.17) is 10.5 Å². The monoisotopic (exact) mass is 408 g/mol. The molecule has 148 valence electrons. The second-order valence-electron chi connectivity index (χ2n) is 5.96. The van der Waals surface area contributed by atoms with Gasteiger partial charge in [-0.05, 0) is 35.9 Å². The number of nitrogens with two attached hydrogens (primary N) is 1. The van der Waals surface area contributed by atoms with E-state index >= 15 is 0 Å². The summed E-state index contributed by atoms with van der Waals surface area (Å²) < 4.78 is 6.92. The van der Waals surface area contributed by atoms with Crippen LogP contribution in [0.2, 0.25) is 0 Å². The second kappa shape index (κ2) is 9.03. The third kappa shape index (κ3) is 4.61. The molecule has 0 spiro atoms. The average molecular weight is 408 g/mol. The number of ether oxygens (including phenoxy) is 1. The summed E-state index contributed by atoms with van der Waals surface area (Å²) in [6.07, 6.45) is 3.39. The molecule has 0 aliphatic rings. The van der Waals surface area contributed by atoms with Crippen molar-refractivity contribution < 1.29 is 14.6 Å². The lowest BCUT2D eigenvalue weighted by Gasteiger charge is -2.07. The summed E-state index contributed by atoms with van der Waals surface area (Å²) in [6, 6.07) is 12.2. The Morgan fingerprint density at radius 3 is 2.90 bits per heavy atom. The van der Waals surface area contributed by atoms with Crippen molar-refractivity contribution in [1.29, 1.82) is 0 Å². The maximum Gasteiger partial charge on any atom is 0.252 e. The number of hydrogen-bond donors (Lipinski definition) is 2. The molecule has 1 amide bonds. The maximum absolute atomic E-state index is 11.6. The highest BCUT2D eigenvalue weighted by Gasteiger charge is 2.13. The molecule has 3 aromatic rings. The maximum atomic E-state index is 11.6. The van der Waals surface area contributed by atoms with Crippen LogP contribution in [0.3, 0.4) is 0 Å². The number of rotatable bonds is 7. The zero-order chi connectivity index (χ0) is 20.8.